The fourth-order valence-electron chi connectivity index (χ4n) is 3.91. The molecular weight excluding hydrogens is 432 g/mol. The second-order valence-electron chi connectivity index (χ2n) is 8.12. The molecule has 5 nitrogen and oxygen atoms in total. The highest BCUT2D eigenvalue weighted by Gasteiger charge is 2.21. The van der Waals surface area contributed by atoms with E-state index in [-0.39, 0.29) is 0 Å². The number of nitrogens with zero attached hydrogens (tertiary/aromatic N) is 2. The molecule has 3 aromatic carbocycles. The zero-order valence-corrected chi connectivity index (χ0v) is 20.2. The maximum atomic E-state index is 6.02. The first-order chi connectivity index (χ1) is 16.1. The van der Waals surface area contributed by atoms with Crippen LogP contribution >= 0.6 is 12.2 Å². The van der Waals surface area contributed by atoms with Gasteiger partial charge in [-0.3, -0.25) is 0 Å². The van der Waals surface area contributed by atoms with Gasteiger partial charge in [-0.05, 0) is 55.0 Å². The van der Waals surface area contributed by atoms with Crippen LogP contribution in [0.2, 0.25) is 0 Å². The summed E-state index contributed by atoms with van der Waals surface area (Å²) < 4.78 is 16.9. The molecule has 1 aliphatic heterocycles. The van der Waals surface area contributed by atoms with Crippen molar-refractivity contribution in [3.63, 3.8) is 0 Å². The molecule has 1 fully saturated rings. The molecule has 0 atom stereocenters. The zero-order valence-electron chi connectivity index (χ0n) is 19.4. The molecule has 33 heavy (non-hydrogen) atoms. The van der Waals surface area contributed by atoms with Crippen LogP contribution in [0.4, 0.5) is 5.69 Å². The van der Waals surface area contributed by atoms with E-state index in [0.29, 0.717) is 18.1 Å². The molecule has 0 unspecified atom stereocenters. The highest BCUT2D eigenvalue weighted by molar-refractivity contribution is 7.80. The summed E-state index contributed by atoms with van der Waals surface area (Å²) in [5, 5.41) is 0. The molecule has 1 aliphatic rings. The first-order valence-corrected chi connectivity index (χ1v) is 11.5. The molecule has 0 aliphatic carbocycles. The Morgan fingerprint density at radius 1 is 0.818 bits per heavy atom. The van der Waals surface area contributed by atoms with Crippen molar-refractivity contribution in [3.8, 4) is 17.2 Å². The van der Waals surface area contributed by atoms with Gasteiger partial charge in [0, 0.05) is 37.4 Å². The number of benzene rings is 3. The number of hydrogen-bond donors (Lipinski definition) is 0. The van der Waals surface area contributed by atoms with E-state index in [9.17, 15) is 0 Å². The molecule has 0 saturated carbocycles. The van der Waals surface area contributed by atoms with Crippen LogP contribution < -0.4 is 19.1 Å². The Kier molecular flexibility index (Phi) is 7.35. The largest absolute Gasteiger partial charge is 0.497 e. The molecule has 0 amide bonds. The van der Waals surface area contributed by atoms with E-state index in [2.05, 4.69) is 53.1 Å². The predicted molar refractivity (Wildman–Crippen MR) is 137 cm³/mol. The first-order valence-electron chi connectivity index (χ1n) is 11.1. The third kappa shape index (κ3) is 5.57. The SMILES string of the molecule is COc1ccc(N2CCN(C(=S)c3ccc(OCc4ccc(C)cc4)c(OC)c3)CC2)cc1. The van der Waals surface area contributed by atoms with E-state index in [1.807, 2.05) is 30.3 Å². The van der Waals surface area contributed by atoms with Crippen LogP contribution in [0.15, 0.2) is 66.7 Å². The van der Waals surface area contributed by atoms with Gasteiger partial charge in [0.2, 0.25) is 0 Å². The lowest BCUT2D eigenvalue weighted by molar-refractivity contribution is 0.284. The fraction of sp³-hybridized carbons (Fsp3) is 0.296. The summed E-state index contributed by atoms with van der Waals surface area (Å²) in [5.74, 6) is 2.28. The van der Waals surface area contributed by atoms with Crippen molar-refractivity contribution < 1.29 is 14.2 Å². The van der Waals surface area contributed by atoms with E-state index in [1.165, 1.54) is 11.3 Å². The number of hydrogen-bond acceptors (Lipinski definition) is 5. The Balaban J connectivity index is 1.37. The average molecular weight is 463 g/mol. The standard InChI is InChI=1S/C27H30N2O3S/c1-20-4-6-21(7-5-20)19-32-25-13-8-22(18-26(25)31-3)27(33)29-16-14-28(15-17-29)23-9-11-24(30-2)12-10-23/h4-13,18H,14-17,19H2,1-3H3. The Hall–Kier alpha value is -3.25. The maximum absolute atomic E-state index is 6.02. The Morgan fingerprint density at radius 2 is 1.52 bits per heavy atom. The van der Waals surface area contributed by atoms with Crippen LogP contribution in [0, 0.1) is 6.92 Å². The minimum absolute atomic E-state index is 0.494. The van der Waals surface area contributed by atoms with Crippen LogP contribution in [-0.2, 0) is 6.61 Å². The summed E-state index contributed by atoms with van der Waals surface area (Å²) in [6.45, 7) is 6.16. The van der Waals surface area contributed by atoms with Gasteiger partial charge in [-0.1, -0.05) is 42.0 Å². The third-order valence-electron chi connectivity index (χ3n) is 5.93. The minimum atomic E-state index is 0.494. The Labute approximate surface area is 201 Å². The number of piperazine rings is 1. The summed E-state index contributed by atoms with van der Waals surface area (Å²) in [7, 11) is 3.35. The summed E-state index contributed by atoms with van der Waals surface area (Å²) >= 11 is 5.83. The summed E-state index contributed by atoms with van der Waals surface area (Å²) in [4.78, 5) is 5.48. The molecule has 3 aromatic rings. The van der Waals surface area contributed by atoms with E-state index in [1.54, 1.807) is 14.2 Å². The first kappa shape index (κ1) is 22.9. The van der Waals surface area contributed by atoms with Crippen molar-refractivity contribution in [2.45, 2.75) is 13.5 Å². The van der Waals surface area contributed by atoms with E-state index >= 15 is 0 Å². The van der Waals surface area contributed by atoms with Crippen LogP contribution in [0.3, 0.4) is 0 Å². The van der Waals surface area contributed by atoms with Gasteiger partial charge in [0.25, 0.3) is 0 Å². The Morgan fingerprint density at radius 3 is 2.15 bits per heavy atom. The molecule has 1 saturated heterocycles. The summed E-state index contributed by atoms with van der Waals surface area (Å²) in [6.07, 6.45) is 0. The molecule has 0 bridgehead atoms. The lowest BCUT2D eigenvalue weighted by Crippen LogP contribution is -2.48. The van der Waals surface area contributed by atoms with Gasteiger partial charge in [-0.15, -0.1) is 0 Å². The molecule has 0 radical (unpaired) electrons. The maximum Gasteiger partial charge on any atom is 0.161 e. The second-order valence-corrected chi connectivity index (χ2v) is 8.50. The van der Waals surface area contributed by atoms with Crippen molar-refractivity contribution in [1.29, 1.82) is 0 Å². The average Bonchev–Trinajstić information content (AvgIpc) is 2.88. The molecule has 4 rings (SSSR count). The van der Waals surface area contributed by atoms with Crippen molar-refractivity contribution in [3.05, 3.63) is 83.4 Å². The van der Waals surface area contributed by atoms with Gasteiger partial charge in [-0.2, -0.15) is 0 Å². The lowest BCUT2D eigenvalue weighted by Gasteiger charge is -2.37. The van der Waals surface area contributed by atoms with E-state index in [4.69, 9.17) is 26.4 Å². The topological polar surface area (TPSA) is 34.2 Å². The zero-order chi connectivity index (χ0) is 23.2. The summed E-state index contributed by atoms with van der Waals surface area (Å²) in [5.41, 5.74) is 4.54. The van der Waals surface area contributed by atoms with Gasteiger partial charge in [0.05, 0.1) is 14.2 Å². The molecule has 0 aromatic heterocycles. The van der Waals surface area contributed by atoms with E-state index in [0.717, 1.165) is 48.0 Å². The van der Waals surface area contributed by atoms with Gasteiger partial charge >= 0.3 is 0 Å². The number of ether oxygens (including phenoxy) is 3. The van der Waals surface area contributed by atoms with Crippen molar-refractivity contribution in [2.75, 3.05) is 45.3 Å². The number of aryl methyl sites for hydroxylation is 1. The molecule has 0 N–H and O–H groups in total. The van der Waals surface area contributed by atoms with Crippen molar-refractivity contribution in [2.24, 2.45) is 0 Å². The normalized spacial score (nSPS) is 13.5. The predicted octanol–water partition coefficient (Wildman–Crippen LogP) is 5.09. The van der Waals surface area contributed by atoms with Crippen LogP contribution in [-0.4, -0.2) is 50.3 Å². The number of methoxy groups -OCH3 is 2. The molecule has 1 heterocycles. The quantitative estimate of drug-likeness (QED) is 0.455. The van der Waals surface area contributed by atoms with Crippen LogP contribution in [0.25, 0.3) is 0 Å². The summed E-state index contributed by atoms with van der Waals surface area (Å²) in [6, 6.07) is 22.5. The molecule has 0 spiro atoms. The Bertz CT molecular complexity index is 1080. The van der Waals surface area contributed by atoms with Crippen molar-refractivity contribution in [1.82, 2.24) is 4.90 Å². The number of rotatable bonds is 7. The van der Waals surface area contributed by atoms with Gasteiger partial charge in [-0.25, -0.2) is 0 Å². The molecule has 6 heteroatoms. The third-order valence-corrected chi connectivity index (χ3v) is 6.42. The number of thiocarbonyl (C=S) groups is 1. The lowest BCUT2D eigenvalue weighted by atomic mass is 10.1. The number of anilines is 1. The minimum Gasteiger partial charge on any atom is -0.497 e. The van der Waals surface area contributed by atoms with Crippen LogP contribution in [0.5, 0.6) is 17.2 Å². The van der Waals surface area contributed by atoms with Gasteiger partial charge < -0.3 is 24.0 Å². The van der Waals surface area contributed by atoms with Gasteiger partial charge in [0.1, 0.15) is 17.3 Å². The molecule has 172 valence electrons. The van der Waals surface area contributed by atoms with Crippen LogP contribution in [0.1, 0.15) is 16.7 Å². The van der Waals surface area contributed by atoms with E-state index < -0.39 is 0 Å². The highest BCUT2D eigenvalue weighted by atomic mass is 32.1. The highest BCUT2D eigenvalue weighted by Crippen LogP contribution is 2.30. The second kappa shape index (κ2) is 10.6. The van der Waals surface area contributed by atoms with Crippen molar-refractivity contribution >= 4 is 22.9 Å². The monoisotopic (exact) mass is 462 g/mol. The fourth-order valence-corrected chi connectivity index (χ4v) is 4.22. The van der Waals surface area contributed by atoms with Gasteiger partial charge in [0.15, 0.2) is 11.5 Å². The molecular formula is C27H30N2O3S. The smallest absolute Gasteiger partial charge is 0.161 e.